The number of carbonyl (C=O) groups is 1. The molecule has 2 aromatic heterocycles. The summed E-state index contributed by atoms with van der Waals surface area (Å²) >= 11 is 6.52. The molecule has 0 atom stereocenters. The summed E-state index contributed by atoms with van der Waals surface area (Å²) in [7, 11) is 3.69. The highest BCUT2D eigenvalue weighted by molar-refractivity contribution is 6.76. The van der Waals surface area contributed by atoms with Crippen molar-refractivity contribution >= 4 is 59.6 Å². The molecule has 4 aromatic rings. The van der Waals surface area contributed by atoms with E-state index in [9.17, 15) is 4.79 Å². The predicted molar refractivity (Wildman–Crippen MR) is 165 cm³/mol. The topological polar surface area (TPSA) is 134 Å². The lowest BCUT2D eigenvalue weighted by Gasteiger charge is -2.16. The van der Waals surface area contributed by atoms with E-state index in [0.717, 1.165) is 17.2 Å². The van der Waals surface area contributed by atoms with E-state index in [4.69, 9.17) is 37.5 Å². The Kier molecular flexibility index (Phi) is 8.57. The van der Waals surface area contributed by atoms with Crippen molar-refractivity contribution < 1.29 is 14.3 Å². The number of hydrogen-bond donors (Lipinski definition) is 3. The highest BCUT2D eigenvalue weighted by atomic mass is 35.5. The number of fused-ring (bicyclic) bond motifs is 1. The Balaban J connectivity index is 1.76. The van der Waals surface area contributed by atoms with Crippen LogP contribution in [0.1, 0.15) is 10.4 Å². The standard InChI is InChI=1S/C28H36ClN7O3Si/c1-35(2)27(37)18-8-10-23(20(29)13-18)32-28-33-25-24(26(34-28)38-3)19(17-7-9-21(30)22(31)14-17)15-36(25)16-39-11-12-40(4,5)6/h7-10,13-15H,11-12,16,30-31H2,1-6H3,(H,32,33,34). The normalized spacial score (nSPS) is 11.6. The quantitative estimate of drug-likeness (QED) is 0.124. The molecule has 4 rings (SSSR count). The molecule has 5 N–H and O–H groups in total. The molecule has 2 heterocycles. The zero-order chi connectivity index (χ0) is 29.2. The van der Waals surface area contributed by atoms with E-state index in [2.05, 4.69) is 29.9 Å². The molecule has 12 heteroatoms. The van der Waals surface area contributed by atoms with E-state index in [1.807, 2.05) is 22.9 Å². The first-order chi connectivity index (χ1) is 18.9. The van der Waals surface area contributed by atoms with Gasteiger partial charge >= 0.3 is 0 Å². The summed E-state index contributed by atoms with van der Waals surface area (Å²) in [5, 5.41) is 4.24. The fourth-order valence-electron chi connectivity index (χ4n) is 4.09. The van der Waals surface area contributed by atoms with E-state index < -0.39 is 8.07 Å². The molecule has 0 spiro atoms. The number of rotatable bonds is 10. The van der Waals surface area contributed by atoms with E-state index in [1.165, 1.54) is 4.90 Å². The van der Waals surface area contributed by atoms with Crippen LogP contribution in [-0.2, 0) is 11.5 Å². The Morgan fingerprint density at radius 1 is 1.10 bits per heavy atom. The van der Waals surface area contributed by atoms with E-state index >= 15 is 0 Å². The summed E-state index contributed by atoms with van der Waals surface area (Å²) in [6, 6.07) is 11.6. The Morgan fingerprint density at radius 3 is 2.48 bits per heavy atom. The van der Waals surface area contributed by atoms with Crippen LogP contribution >= 0.6 is 11.6 Å². The number of aromatic nitrogens is 3. The Hall–Kier alpha value is -3.80. The number of ether oxygens (including phenoxy) is 2. The highest BCUT2D eigenvalue weighted by Gasteiger charge is 2.21. The summed E-state index contributed by atoms with van der Waals surface area (Å²) < 4.78 is 13.7. The molecule has 10 nitrogen and oxygen atoms in total. The number of benzene rings is 2. The molecule has 1 amide bonds. The van der Waals surface area contributed by atoms with Crippen LogP contribution in [0.3, 0.4) is 0 Å². The lowest BCUT2D eigenvalue weighted by Crippen LogP contribution is -2.22. The molecular formula is C28H36ClN7O3Si. The van der Waals surface area contributed by atoms with Gasteiger partial charge in [-0.1, -0.05) is 37.3 Å². The van der Waals surface area contributed by atoms with Gasteiger partial charge in [0.25, 0.3) is 5.91 Å². The Morgan fingerprint density at radius 2 is 1.85 bits per heavy atom. The van der Waals surface area contributed by atoms with E-state index in [0.29, 0.717) is 57.9 Å². The fraction of sp³-hybridized carbons (Fsp3) is 0.321. The molecule has 0 saturated heterocycles. The van der Waals surface area contributed by atoms with Gasteiger partial charge in [0.2, 0.25) is 11.8 Å². The van der Waals surface area contributed by atoms with Crippen LogP contribution in [0, 0.1) is 0 Å². The van der Waals surface area contributed by atoms with Gasteiger partial charge in [0.15, 0.2) is 5.65 Å². The number of amides is 1. The number of nitrogens with two attached hydrogens (primary N) is 2. The average molecular weight is 582 g/mol. The van der Waals surface area contributed by atoms with Gasteiger partial charge in [-0.05, 0) is 41.9 Å². The second-order valence-electron chi connectivity index (χ2n) is 11.0. The molecule has 0 aliphatic rings. The van der Waals surface area contributed by atoms with Crippen LogP contribution in [0.4, 0.5) is 23.0 Å². The minimum absolute atomic E-state index is 0.143. The number of methoxy groups -OCH3 is 1. The molecule has 0 unspecified atom stereocenters. The minimum Gasteiger partial charge on any atom is -0.480 e. The number of hydrogen-bond acceptors (Lipinski definition) is 8. The van der Waals surface area contributed by atoms with Crippen LogP contribution < -0.4 is 21.5 Å². The molecule has 0 aliphatic heterocycles. The number of carbonyl (C=O) groups excluding carboxylic acids is 1. The third kappa shape index (κ3) is 6.49. The summed E-state index contributed by atoms with van der Waals surface area (Å²) in [5.74, 6) is 0.507. The van der Waals surface area contributed by atoms with Crippen LogP contribution in [0.25, 0.3) is 22.2 Å². The number of halogens is 1. The molecule has 212 valence electrons. The third-order valence-electron chi connectivity index (χ3n) is 6.37. The van der Waals surface area contributed by atoms with Crippen molar-refractivity contribution in [2.24, 2.45) is 0 Å². The molecule has 0 bridgehead atoms. The van der Waals surface area contributed by atoms with Crippen molar-refractivity contribution in [3.8, 4) is 17.0 Å². The summed E-state index contributed by atoms with van der Waals surface area (Å²) in [5.41, 5.74) is 16.4. The summed E-state index contributed by atoms with van der Waals surface area (Å²) in [4.78, 5) is 23.3. The van der Waals surface area contributed by atoms with Gasteiger partial charge in [-0.3, -0.25) is 4.79 Å². The second-order valence-corrected chi connectivity index (χ2v) is 17.0. The minimum atomic E-state index is -1.25. The average Bonchev–Trinajstić information content (AvgIpc) is 3.26. The van der Waals surface area contributed by atoms with Crippen LogP contribution in [0.2, 0.25) is 30.7 Å². The van der Waals surface area contributed by atoms with Gasteiger partial charge in [-0.25, -0.2) is 0 Å². The number of anilines is 4. The van der Waals surface area contributed by atoms with Gasteiger partial charge in [-0.2, -0.15) is 9.97 Å². The maximum absolute atomic E-state index is 12.3. The molecule has 0 radical (unpaired) electrons. The van der Waals surface area contributed by atoms with Crippen molar-refractivity contribution in [2.75, 3.05) is 44.6 Å². The molecule has 0 aliphatic carbocycles. The number of nitrogens with one attached hydrogen (secondary N) is 1. The van der Waals surface area contributed by atoms with Crippen LogP contribution in [0.5, 0.6) is 5.88 Å². The fourth-order valence-corrected chi connectivity index (χ4v) is 5.07. The molecule has 0 saturated carbocycles. The van der Waals surface area contributed by atoms with Gasteiger partial charge in [0.05, 0.1) is 34.6 Å². The second kappa shape index (κ2) is 11.7. The maximum atomic E-state index is 12.3. The largest absolute Gasteiger partial charge is 0.480 e. The molecule has 2 aromatic carbocycles. The zero-order valence-corrected chi connectivity index (χ0v) is 25.5. The maximum Gasteiger partial charge on any atom is 0.253 e. The highest BCUT2D eigenvalue weighted by Crippen LogP contribution is 2.38. The van der Waals surface area contributed by atoms with Crippen molar-refractivity contribution in [3.05, 3.63) is 53.2 Å². The number of nitrogen functional groups attached to an aromatic ring is 2. The summed E-state index contributed by atoms with van der Waals surface area (Å²) in [6.07, 6.45) is 1.96. The zero-order valence-electron chi connectivity index (χ0n) is 23.7. The van der Waals surface area contributed by atoms with Crippen molar-refractivity contribution in [1.82, 2.24) is 19.4 Å². The van der Waals surface area contributed by atoms with E-state index in [1.54, 1.807) is 45.5 Å². The predicted octanol–water partition coefficient (Wildman–Crippen LogP) is 5.68. The van der Waals surface area contributed by atoms with Gasteiger partial charge in [0.1, 0.15) is 6.73 Å². The van der Waals surface area contributed by atoms with Gasteiger partial charge in [-0.15, -0.1) is 0 Å². The van der Waals surface area contributed by atoms with E-state index in [-0.39, 0.29) is 11.9 Å². The first-order valence-corrected chi connectivity index (χ1v) is 16.9. The Labute approximate surface area is 240 Å². The van der Waals surface area contributed by atoms with Gasteiger partial charge < -0.3 is 35.7 Å². The first-order valence-electron chi connectivity index (χ1n) is 12.8. The molecule has 40 heavy (non-hydrogen) atoms. The third-order valence-corrected chi connectivity index (χ3v) is 8.39. The Bertz CT molecular complexity index is 1550. The smallest absolute Gasteiger partial charge is 0.253 e. The van der Waals surface area contributed by atoms with Crippen LogP contribution in [-0.4, -0.2) is 61.2 Å². The van der Waals surface area contributed by atoms with Crippen LogP contribution in [0.15, 0.2) is 42.6 Å². The monoisotopic (exact) mass is 581 g/mol. The SMILES string of the molecule is COc1nc(Nc2ccc(C(=O)N(C)C)cc2Cl)nc2c1c(-c1ccc(N)c(N)c1)cn2COCC[Si](C)(C)C. The van der Waals surface area contributed by atoms with Crippen molar-refractivity contribution in [2.45, 2.75) is 32.4 Å². The lowest BCUT2D eigenvalue weighted by atomic mass is 10.0. The lowest BCUT2D eigenvalue weighted by molar-refractivity contribution is 0.0827. The molecule has 0 fully saturated rings. The summed E-state index contributed by atoms with van der Waals surface area (Å²) in [6.45, 7) is 7.90. The van der Waals surface area contributed by atoms with Gasteiger partial charge in [0, 0.05) is 46.1 Å². The molecular weight excluding hydrogens is 546 g/mol. The first kappa shape index (κ1) is 29.2. The van der Waals surface area contributed by atoms with Crippen molar-refractivity contribution in [3.63, 3.8) is 0 Å². The van der Waals surface area contributed by atoms with Crippen molar-refractivity contribution in [1.29, 1.82) is 0 Å². The number of nitrogens with zero attached hydrogens (tertiary/aromatic N) is 4.